The van der Waals surface area contributed by atoms with Gasteiger partial charge >= 0.3 is 5.97 Å². The number of aromatic carboxylic acids is 1. The summed E-state index contributed by atoms with van der Waals surface area (Å²) < 4.78 is 0. The van der Waals surface area contributed by atoms with Gasteiger partial charge < -0.3 is 20.4 Å². The fraction of sp³-hybridized carbons (Fsp3) is 0.267. The number of carbonyl (C=O) groups excluding carboxylic acids is 2. The molecule has 23 heavy (non-hydrogen) atoms. The Morgan fingerprint density at radius 3 is 2.57 bits per heavy atom. The van der Waals surface area contributed by atoms with Gasteiger partial charge in [-0.2, -0.15) is 0 Å². The Morgan fingerprint density at radius 1 is 1.30 bits per heavy atom. The lowest BCUT2D eigenvalue weighted by Crippen LogP contribution is -2.34. The molecule has 1 aliphatic heterocycles. The first-order chi connectivity index (χ1) is 10.8. The van der Waals surface area contributed by atoms with Crippen LogP contribution in [0.1, 0.15) is 10.4 Å². The van der Waals surface area contributed by atoms with Crippen LogP contribution in [0.15, 0.2) is 30.0 Å². The lowest BCUT2D eigenvalue weighted by atomic mass is 10.1. The van der Waals surface area contributed by atoms with E-state index >= 15 is 0 Å². The number of benzene rings is 1. The average Bonchev–Trinajstić information content (AvgIpc) is 2.75. The maximum atomic E-state index is 12.0. The number of imide groups is 1. The van der Waals surface area contributed by atoms with Crippen molar-refractivity contribution in [1.29, 1.82) is 0 Å². The monoisotopic (exact) mass is 319 g/mol. The molecule has 122 valence electrons. The number of rotatable bonds is 6. The molecule has 8 nitrogen and oxygen atoms in total. The summed E-state index contributed by atoms with van der Waals surface area (Å²) in [5, 5.41) is 20.9. The maximum absolute atomic E-state index is 12.0. The van der Waals surface area contributed by atoms with Gasteiger partial charge in [0.05, 0.1) is 24.4 Å². The Balaban J connectivity index is 2.26. The van der Waals surface area contributed by atoms with E-state index in [9.17, 15) is 19.5 Å². The summed E-state index contributed by atoms with van der Waals surface area (Å²) in [7, 11) is 3.45. The summed E-state index contributed by atoms with van der Waals surface area (Å²) in [5.41, 5.74) is 1.01. The highest BCUT2D eigenvalue weighted by molar-refractivity contribution is 6.17. The highest BCUT2D eigenvalue weighted by Crippen LogP contribution is 2.25. The molecule has 2 amide bonds. The van der Waals surface area contributed by atoms with Gasteiger partial charge in [-0.05, 0) is 18.2 Å². The van der Waals surface area contributed by atoms with Crippen molar-refractivity contribution < 1.29 is 24.6 Å². The summed E-state index contributed by atoms with van der Waals surface area (Å²) in [6.07, 6.45) is 1.12. The molecule has 0 unspecified atom stereocenters. The summed E-state index contributed by atoms with van der Waals surface area (Å²) in [6, 6.07) is 4.62. The first kappa shape index (κ1) is 16.5. The van der Waals surface area contributed by atoms with Crippen LogP contribution >= 0.6 is 0 Å². The van der Waals surface area contributed by atoms with Gasteiger partial charge in [-0.3, -0.25) is 14.5 Å². The first-order valence-electron chi connectivity index (χ1n) is 6.85. The van der Waals surface area contributed by atoms with E-state index in [-0.39, 0.29) is 24.4 Å². The van der Waals surface area contributed by atoms with Crippen LogP contribution in [0, 0.1) is 0 Å². The normalized spacial score (nSPS) is 14.0. The number of β-amino-alcohol motifs (C(OH)–C–C–N with tert-alkyl or cyclic N) is 1. The Hall–Kier alpha value is -2.87. The number of carbonyl (C=O) groups is 3. The van der Waals surface area contributed by atoms with Gasteiger partial charge in [0.25, 0.3) is 11.8 Å². The van der Waals surface area contributed by atoms with Crippen molar-refractivity contribution in [3.63, 3.8) is 0 Å². The molecule has 0 atom stereocenters. The Labute approximate surface area is 132 Å². The molecular weight excluding hydrogens is 302 g/mol. The number of hydrogen-bond acceptors (Lipinski definition) is 6. The van der Waals surface area contributed by atoms with Gasteiger partial charge in [-0.1, -0.05) is 0 Å². The number of nitrogens with one attached hydrogen (secondary N) is 1. The minimum atomic E-state index is -1.10. The molecule has 0 aliphatic carbocycles. The zero-order valence-corrected chi connectivity index (χ0v) is 12.7. The molecule has 1 aliphatic rings. The highest BCUT2D eigenvalue weighted by Gasteiger charge is 2.30. The standard InChI is InChI=1S/C15H17N3O5/c1-17(2)12-4-3-9(7-10(12)15(22)23)16-11-8-13(20)18(5-6-19)14(11)21/h3-4,7-8,16,19H,5-6H2,1-2H3,(H,22,23). The van der Waals surface area contributed by atoms with Crippen LogP contribution in [0.2, 0.25) is 0 Å². The molecule has 0 fully saturated rings. The van der Waals surface area contributed by atoms with Crippen LogP contribution in [0.4, 0.5) is 11.4 Å². The maximum Gasteiger partial charge on any atom is 0.337 e. The van der Waals surface area contributed by atoms with E-state index < -0.39 is 17.8 Å². The Morgan fingerprint density at radius 2 is 2.00 bits per heavy atom. The van der Waals surface area contributed by atoms with E-state index in [1.54, 1.807) is 31.1 Å². The van der Waals surface area contributed by atoms with Crippen molar-refractivity contribution in [2.24, 2.45) is 0 Å². The van der Waals surface area contributed by atoms with Gasteiger partial charge in [-0.15, -0.1) is 0 Å². The van der Waals surface area contributed by atoms with E-state index in [0.717, 1.165) is 11.0 Å². The third-order valence-corrected chi connectivity index (χ3v) is 3.32. The molecule has 0 spiro atoms. The van der Waals surface area contributed by atoms with Crippen molar-refractivity contribution in [2.75, 3.05) is 37.5 Å². The first-order valence-corrected chi connectivity index (χ1v) is 6.85. The van der Waals surface area contributed by atoms with Crippen molar-refractivity contribution in [3.8, 4) is 0 Å². The minimum Gasteiger partial charge on any atom is -0.478 e. The van der Waals surface area contributed by atoms with Crippen LogP contribution in [0.5, 0.6) is 0 Å². The molecule has 3 N–H and O–H groups in total. The summed E-state index contributed by atoms with van der Waals surface area (Å²) in [5.74, 6) is -2.17. The number of carboxylic acids is 1. The second-order valence-corrected chi connectivity index (χ2v) is 5.13. The molecule has 2 rings (SSSR count). The summed E-state index contributed by atoms with van der Waals surface area (Å²) in [6.45, 7) is -0.404. The smallest absolute Gasteiger partial charge is 0.337 e. The van der Waals surface area contributed by atoms with Crippen LogP contribution in [0.25, 0.3) is 0 Å². The predicted molar refractivity (Wildman–Crippen MR) is 83.2 cm³/mol. The van der Waals surface area contributed by atoms with E-state index in [1.165, 1.54) is 6.07 Å². The van der Waals surface area contributed by atoms with Crippen LogP contribution in [0.3, 0.4) is 0 Å². The van der Waals surface area contributed by atoms with Gasteiger partial charge in [0.1, 0.15) is 5.70 Å². The van der Waals surface area contributed by atoms with Crippen LogP contribution in [-0.2, 0) is 9.59 Å². The lowest BCUT2D eigenvalue weighted by Gasteiger charge is -2.17. The molecule has 0 saturated heterocycles. The van der Waals surface area contributed by atoms with E-state index in [1.807, 2.05) is 0 Å². The largest absolute Gasteiger partial charge is 0.478 e. The predicted octanol–water partition coefficient (Wildman–Crippen LogP) is 0.108. The summed E-state index contributed by atoms with van der Waals surface area (Å²) in [4.78, 5) is 37.6. The third kappa shape index (κ3) is 3.32. The number of nitrogens with zero attached hydrogens (tertiary/aromatic N) is 2. The molecule has 1 aromatic rings. The Bertz CT molecular complexity index is 696. The minimum absolute atomic E-state index is 0.0393. The zero-order valence-electron chi connectivity index (χ0n) is 12.7. The number of aliphatic hydroxyl groups is 1. The number of amides is 2. The highest BCUT2D eigenvalue weighted by atomic mass is 16.4. The number of anilines is 2. The second-order valence-electron chi connectivity index (χ2n) is 5.13. The van der Waals surface area contributed by atoms with Crippen molar-refractivity contribution in [1.82, 2.24) is 4.90 Å². The van der Waals surface area contributed by atoms with Crippen molar-refractivity contribution in [2.45, 2.75) is 0 Å². The molecule has 0 radical (unpaired) electrons. The quantitative estimate of drug-likeness (QED) is 0.638. The van der Waals surface area contributed by atoms with Crippen LogP contribution in [-0.4, -0.2) is 60.1 Å². The molecule has 0 bridgehead atoms. The fourth-order valence-electron chi connectivity index (χ4n) is 2.24. The van der Waals surface area contributed by atoms with E-state index in [4.69, 9.17) is 5.11 Å². The molecule has 1 aromatic carbocycles. The van der Waals surface area contributed by atoms with E-state index in [2.05, 4.69) is 5.32 Å². The van der Waals surface area contributed by atoms with Gasteiger partial charge in [0.15, 0.2) is 0 Å². The topological polar surface area (TPSA) is 110 Å². The van der Waals surface area contributed by atoms with Crippen LogP contribution < -0.4 is 10.2 Å². The molecule has 1 heterocycles. The molecule has 0 saturated carbocycles. The van der Waals surface area contributed by atoms with Gasteiger partial charge in [0, 0.05) is 25.9 Å². The van der Waals surface area contributed by atoms with Crippen molar-refractivity contribution in [3.05, 3.63) is 35.5 Å². The fourth-order valence-corrected chi connectivity index (χ4v) is 2.24. The second kappa shape index (κ2) is 6.49. The van der Waals surface area contributed by atoms with Gasteiger partial charge in [-0.25, -0.2) is 4.79 Å². The third-order valence-electron chi connectivity index (χ3n) is 3.32. The molecular formula is C15H17N3O5. The van der Waals surface area contributed by atoms with Crippen molar-refractivity contribution >= 4 is 29.2 Å². The average molecular weight is 319 g/mol. The van der Waals surface area contributed by atoms with Gasteiger partial charge in [0.2, 0.25) is 0 Å². The number of aliphatic hydroxyl groups excluding tert-OH is 1. The molecule has 0 aromatic heterocycles. The molecule has 8 heteroatoms. The van der Waals surface area contributed by atoms with E-state index in [0.29, 0.717) is 11.4 Å². The summed E-state index contributed by atoms with van der Waals surface area (Å²) >= 11 is 0. The number of hydrogen-bond donors (Lipinski definition) is 3. The zero-order chi connectivity index (χ0) is 17.1. The number of carboxylic acid groups (broad SMARTS) is 1. The SMILES string of the molecule is CN(C)c1ccc(NC2=CC(=O)N(CCO)C2=O)cc1C(=O)O. The Kier molecular flexibility index (Phi) is 4.65. The lowest BCUT2D eigenvalue weighted by molar-refractivity contribution is -0.137.